The molecule has 0 bridgehead atoms. The Hall–Kier alpha value is -2.82. The number of para-hydroxylation sites is 1. The van der Waals surface area contributed by atoms with Crippen molar-refractivity contribution in [1.29, 1.82) is 0 Å². The van der Waals surface area contributed by atoms with Crippen molar-refractivity contribution in [1.82, 2.24) is 5.43 Å². The summed E-state index contributed by atoms with van der Waals surface area (Å²) in [5.41, 5.74) is 3.18. The molecule has 5 heteroatoms. The second-order valence-corrected chi connectivity index (χ2v) is 4.40. The highest BCUT2D eigenvalue weighted by Gasteiger charge is 2.13. The number of phenols is 1. The van der Waals surface area contributed by atoms with Crippen molar-refractivity contribution in [3.63, 3.8) is 0 Å². The van der Waals surface area contributed by atoms with Crippen molar-refractivity contribution >= 4 is 12.1 Å². The van der Waals surface area contributed by atoms with Gasteiger partial charge in [0.1, 0.15) is 11.5 Å². The third kappa shape index (κ3) is 4.65. The molecule has 0 saturated heterocycles. The van der Waals surface area contributed by atoms with E-state index in [1.165, 1.54) is 6.21 Å². The lowest BCUT2D eigenvalue weighted by atomic mass is 10.2. The Morgan fingerprint density at radius 3 is 2.52 bits per heavy atom. The fourth-order valence-corrected chi connectivity index (χ4v) is 1.58. The van der Waals surface area contributed by atoms with Gasteiger partial charge in [0.25, 0.3) is 5.91 Å². The first-order valence-corrected chi connectivity index (χ1v) is 6.49. The number of amides is 1. The van der Waals surface area contributed by atoms with Gasteiger partial charge in [-0.3, -0.25) is 4.79 Å². The van der Waals surface area contributed by atoms with Crippen LogP contribution in [0.4, 0.5) is 0 Å². The molecule has 2 aromatic rings. The van der Waals surface area contributed by atoms with Crippen molar-refractivity contribution < 1.29 is 14.6 Å². The van der Waals surface area contributed by atoms with Crippen LogP contribution in [0.2, 0.25) is 0 Å². The van der Waals surface area contributed by atoms with Crippen LogP contribution in [0.15, 0.2) is 59.7 Å². The number of rotatable bonds is 5. The van der Waals surface area contributed by atoms with Crippen molar-refractivity contribution in [3.05, 3.63) is 60.2 Å². The number of aromatic hydroxyl groups is 1. The quantitative estimate of drug-likeness (QED) is 0.654. The zero-order valence-corrected chi connectivity index (χ0v) is 11.6. The van der Waals surface area contributed by atoms with E-state index < -0.39 is 6.10 Å². The summed E-state index contributed by atoms with van der Waals surface area (Å²) >= 11 is 0. The van der Waals surface area contributed by atoms with E-state index in [-0.39, 0.29) is 11.7 Å². The molecule has 0 radical (unpaired) electrons. The third-order valence-corrected chi connectivity index (χ3v) is 2.71. The molecule has 2 rings (SSSR count). The summed E-state index contributed by atoms with van der Waals surface area (Å²) in [4.78, 5) is 11.8. The zero-order chi connectivity index (χ0) is 15.1. The molecule has 1 unspecified atom stereocenters. The third-order valence-electron chi connectivity index (χ3n) is 2.71. The Morgan fingerprint density at radius 2 is 1.86 bits per heavy atom. The van der Waals surface area contributed by atoms with Crippen LogP contribution in [0, 0.1) is 0 Å². The lowest BCUT2D eigenvalue weighted by molar-refractivity contribution is -0.127. The molecule has 108 valence electrons. The highest BCUT2D eigenvalue weighted by Crippen LogP contribution is 2.10. The zero-order valence-electron chi connectivity index (χ0n) is 11.6. The predicted molar refractivity (Wildman–Crippen MR) is 80.4 cm³/mol. The van der Waals surface area contributed by atoms with Crippen LogP contribution in [-0.2, 0) is 4.79 Å². The molecule has 5 nitrogen and oxygen atoms in total. The Balaban J connectivity index is 1.85. The molecule has 0 saturated carbocycles. The lowest BCUT2D eigenvalue weighted by Crippen LogP contribution is -2.33. The molecule has 0 aliphatic carbocycles. The molecule has 0 heterocycles. The number of hydrogen-bond acceptors (Lipinski definition) is 4. The van der Waals surface area contributed by atoms with Crippen LogP contribution in [0.5, 0.6) is 11.5 Å². The minimum Gasteiger partial charge on any atom is -0.508 e. The first-order valence-electron chi connectivity index (χ1n) is 6.49. The number of nitrogens with one attached hydrogen (secondary N) is 1. The summed E-state index contributed by atoms with van der Waals surface area (Å²) in [6.45, 7) is 1.65. The van der Waals surface area contributed by atoms with Crippen molar-refractivity contribution in [2.24, 2.45) is 5.10 Å². The molecule has 1 amide bonds. The maximum absolute atomic E-state index is 11.8. The van der Waals surface area contributed by atoms with E-state index in [4.69, 9.17) is 9.84 Å². The molecular formula is C16H16N2O3. The number of hydrazone groups is 1. The van der Waals surface area contributed by atoms with Gasteiger partial charge >= 0.3 is 0 Å². The van der Waals surface area contributed by atoms with E-state index in [0.717, 1.165) is 5.56 Å². The molecule has 2 aromatic carbocycles. The smallest absolute Gasteiger partial charge is 0.280 e. The fraction of sp³-hybridized carbons (Fsp3) is 0.125. The summed E-state index contributed by atoms with van der Waals surface area (Å²) < 4.78 is 5.48. The second-order valence-electron chi connectivity index (χ2n) is 4.40. The molecule has 0 spiro atoms. The van der Waals surface area contributed by atoms with Gasteiger partial charge in [-0.15, -0.1) is 0 Å². The van der Waals surface area contributed by atoms with Gasteiger partial charge in [0.15, 0.2) is 6.10 Å². The highest BCUT2D eigenvalue weighted by molar-refractivity contribution is 5.84. The van der Waals surface area contributed by atoms with Gasteiger partial charge in [-0.05, 0) is 48.9 Å². The van der Waals surface area contributed by atoms with Gasteiger partial charge in [-0.2, -0.15) is 5.10 Å². The molecule has 0 aliphatic heterocycles. The standard InChI is InChI=1S/C16H16N2O3/c1-12(21-15-5-3-2-4-6-15)16(20)18-17-11-13-7-9-14(19)10-8-13/h2-12,19H,1H3,(H,18,20)/b17-11+. The minimum atomic E-state index is -0.649. The molecule has 1 atom stereocenters. The van der Waals surface area contributed by atoms with Crippen LogP contribution >= 0.6 is 0 Å². The summed E-state index contributed by atoms with van der Waals surface area (Å²) in [7, 11) is 0. The molecular weight excluding hydrogens is 268 g/mol. The van der Waals surface area contributed by atoms with Crippen LogP contribution < -0.4 is 10.2 Å². The number of ether oxygens (including phenoxy) is 1. The van der Waals surface area contributed by atoms with E-state index >= 15 is 0 Å². The average molecular weight is 284 g/mol. The average Bonchev–Trinajstić information content (AvgIpc) is 2.50. The Labute approximate surface area is 122 Å². The monoisotopic (exact) mass is 284 g/mol. The molecule has 0 fully saturated rings. The van der Waals surface area contributed by atoms with Crippen molar-refractivity contribution in [2.75, 3.05) is 0 Å². The van der Waals surface area contributed by atoms with Gasteiger partial charge in [0, 0.05) is 0 Å². The molecule has 2 N–H and O–H groups in total. The van der Waals surface area contributed by atoms with Gasteiger partial charge < -0.3 is 9.84 Å². The summed E-state index contributed by atoms with van der Waals surface area (Å²) in [5, 5.41) is 13.0. The predicted octanol–water partition coefficient (Wildman–Crippen LogP) is 2.31. The SMILES string of the molecule is CC(Oc1ccccc1)C(=O)N/N=C/c1ccc(O)cc1. The van der Waals surface area contributed by atoms with Gasteiger partial charge in [-0.1, -0.05) is 18.2 Å². The van der Waals surface area contributed by atoms with Crippen molar-refractivity contribution in [2.45, 2.75) is 13.0 Å². The molecule has 0 aliphatic rings. The van der Waals surface area contributed by atoms with E-state index in [2.05, 4.69) is 10.5 Å². The normalized spacial score (nSPS) is 12.0. The number of benzene rings is 2. The van der Waals surface area contributed by atoms with E-state index in [0.29, 0.717) is 5.75 Å². The van der Waals surface area contributed by atoms with Crippen LogP contribution in [0.3, 0.4) is 0 Å². The van der Waals surface area contributed by atoms with Gasteiger partial charge in [0.2, 0.25) is 0 Å². The lowest BCUT2D eigenvalue weighted by Gasteiger charge is -2.12. The number of phenolic OH excluding ortho intramolecular Hbond substituents is 1. The summed E-state index contributed by atoms with van der Waals surface area (Å²) in [6.07, 6.45) is 0.844. The van der Waals surface area contributed by atoms with Gasteiger partial charge in [-0.25, -0.2) is 5.43 Å². The molecule has 0 aromatic heterocycles. The van der Waals surface area contributed by atoms with Gasteiger partial charge in [0.05, 0.1) is 6.21 Å². The maximum Gasteiger partial charge on any atom is 0.280 e. The summed E-state index contributed by atoms with van der Waals surface area (Å²) in [5.74, 6) is 0.470. The van der Waals surface area contributed by atoms with Crippen LogP contribution in [0.1, 0.15) is 12.5 Å². The largest absolute Gasteiger partial charge is 0.508 e. The first kappa shape index (κ1) is 14.6. The van der Waals surface area contributed by atoms with Crippen molar-refractivity contribution in [3.8, 4) is 11.5 Å². The van der Waals surface area contributed by atoms with Crippen LogP contribution in [-0.4, -0.2) is 23.3 Å². The Bertz CT molecular complexity index is 609. The number of nitrogens with zero attached hydrogens (tertiary/aromatic N) is 1. The fourth-order valence-electron chi connectivity index (χ4n) is 1.58. The second kappa shape index (κ2) is 7.09. The Morgan fingerprint density at radius 1 is 1.19 bits per heavy atom. The Kier molecular flexibility index (Phi) is 4.93. The topological polar surface area (TPSA) is 70.9 Å². The summed E-state index contributed by atoms with van der Waals surface area (Å²) in [6, 6.07) is 15.6. The van der Waals surface area contributed by atoms with Crippen LogP contribution in [0.25, 0.3) is 0 Å². The van der Waals surface area contributed by atoms with E-state index in [1.54, 1.807) is 43.3 Å². The minimum absolute atomic E-state index is 0.182. The molecule has 21 heavy (non-hydrogen) atoms. The van der Waals surface area contributed by atoms with E-state index in [1.807, 2.05) is 18.2 Å². The van der Waals surface area contributed by atoms with E-state index in [9.17, 15) is 4.79 Å². The number of carbonyl (C=O) groups is 1. The first-order chi connectivity index (χ1) is 10.1. The number of carbonyl (C=O) groups excluding carboxylic acids is 1. The maximum atomic E-state index is 11.8. The number of hydrogen-bond donors (Lipinski definition) is 2. The highest BCUT2D eigenvalue weighted by atomic mass is 16.5.